The van der Waals surface area contributed by atoms with Crippen molar-refractivity contribution in [3.8, 4) is 0 Å². The maximum Gasteiger partial charge on any atom is 0.336 e. The van der Waals surface area contributed by atoms with Crippen LogP contribution in [0.3, 0.4) is 0 Å². The fourth-order valence-electron chi connectivity index (χ4n) is 4.32. The highest BCUT2D eigenvalue weighted by atomic mass is 19.1. The molecule has 7 heteroatoms. The van der Waals surface area contributed by atoms with Crippen molar-refractivity contribution in [2.75, 3.05) is 13.2 Å². The molecule has 0 unspecified atom stereocenters. The van der Waals surface area contributed by atoms with E-state index in [2.05, 4.69) is 5.32 Å². The number of hydrogen-bond donors (Lipinski definition) is 1. The number of hydrogen-bond acceptors (Lipinski definition) is 4. The molecule has 30 heavy (non-hydrogen) atoms. The SMILES string of the molecule is CCOC(=O)C1=C(C)N(CC(=O)NC2CCCCC2)C(=O)C[C@@H]1c1ccc(F)cc1. The molecule has 0 aromatic heterocycles. The topological polar surface area (TPSA) is 75.7 Å². The number of halogens is 1. The van der Waals surface area contributed by atoms with E-state index < -0.39 is 11.9 Å². The molecule has 2 amide bonds. The van der Waals surface area contributed by atoms with Gasteiger partial charge < -0.3 is 15.0 Å². The molecular weight excluding hydrogens is 387 g/mol. The maximum absolute atomic E-state index is 13.4. The van der Waals surface area contributed by atoms with Crippen LogP contribution in [-0.2, 0) is 19.1 Å². The van der Waals surface area contributed by atoms with Crippen molar-refractivity contribution in [3.63, 3.8) is 0 Å². The minimum absolute atomic E-state index is 0.0217. The smallest absolute Gasteiger partial charge is 0.336 e. The van der Waals surface area contributed by atoms with Crippen molar-refractivity contribution < 1.29 is 23.5 Å². The number of amides is 2. The van der Waals surface area contributed by atoms with Gasteiger partial charge in [0.1, 0.15) is 12.4 Å². The van der Waals surface area contributed by atoms with E-state index in [1.807, 2.05) is 0 Å². The van der Waals surface area contributed by atoms with Gasteiger partial charge in [0, 0.05) is 24.1 Å². The van der Waals surface area contributed by atoms with E-state index in [-0.39, 0.29) is 43.2 Å². The fourth-order valence-corrected chi connectivity index (χ4v) is 4.32. The number of ether oxygens (including phenoxy) is 1. The summed E-state index contributed by atoms with van der Waals surface area (Å²) >= 11 is 0. The summed E-state index contributed by atoms with van der Waals surface area (Å²) in [7, 11) is 0. The summed E-state index contributed by atoms with van der Waals surface area (Å²) in [4.78, 5) is 39.6. The molecule has 3 rings (SSSR count). The number of allylic oxidation sites excluding steroid dienone is 1. The van der Waals surface area contributed by atoms with Gasteiger partial charge in [0.05, 0.1) is 12.2 Å². The monoisotopic (exact) mass is 416 g/mol. The molecule has 0 spiro atoms. The van der Waals surface area contributed by atoms with Crippen molar-refractivity contribution >= 4 is 17.8 Å². The second-order valence-corrected chi connectivity index (χ2v) is 7.91. The Bertz CT molecular complexity index is 828. The zero-order valence-electron chi connectivity index (χ0n) is 17.6. The van der Waals surface area contributed by atoms with Crippen molar-refractivity contribution in [2.45, 2.75) is 64.3 Å². The van der Waals surface area contributed by atoms with Gasteiger partial charge in [-0.05, 0) is 44.4 Å². The lowest BCUT2D eigenvalue weighted by Gasteiger charge is -2.34. The van der Waals surface area contributed by atoms with Gasteiger partial charge in [0.15, 0.2) is 0 Å². The second kappa shape index (κ2) is 9.87. The largest absolute Gasteiger partial charge is 0.463 e. The van der Waals surface area contributed by atoms with E-state index in [1.54, 1.807) is 26.0 Å². The van der Waals surface area contributed by atoms with E-state index in [4.69, 9.17) is 4.74 Å². The van der Waals surface area contributed by atoms with E-state index in [9.17, 15) is 18.8 Å². The number of benzene rings is 1. The summed E-state index contributed by atoms with van der Waals surface area (Å²) < 4.78 is 18.6. The molecule has 6 nitrogen and oxygen atoms in total. The first-order valence-electron chi connectivity index (χ1n) is 10.6. The van der Waals surface area contributed by atoms with Gasteiger partial charge in [0.2, 0.25) is 11.8 Å². The number of esters is 1. The summed E-state index contributed by atoms with van der Waals surface area (Å²) in [5.41, 5.74) is 1.42. The van der Waals surface area contributed by atoms with Crippen LogP contribution < -0.4 is 5.32 Å². The van der Waals surface area contributed by atoms with Crippen LogP contribution in [0.4, 0.5) is 4.39 Å². The Balaban J connectivity index is 1.84. The van der Waals surface area contributed by atoms with Crippen LogP contribution >= 0.6 is 0 Å². The van der Waals surface area contributed by atoms with Crippen LogP contribution in [0.1, 0.15) is 63.9 Å². The minimum Gasteiger partial charge on any atom is -0.463 e. The third-order valence-corrected chi connectivity index (χ3v) is 5.86. The first-order chi connectivity index (χ1) is 14.4. The Morgan fingerprint density at radius 1 is 1.17 bits per heavy atom. The minimum atomic E-state index is -0.533. The Labute approximate surface area is 176 Å². The van der Waals surface area contributed by atoms with E-state index in [1.165, 1.54) is 23.5 Å². The van der Waals surface area contributed by atoms with Crippen LogP contribution in [0.25, 0.3) is 0 Å². The molecule has 0 radical (unpaired) electrons. The number of rotatable bonds is 6. The van der Waals surface area contributed by atoms with Gasteiger partial charge in [-0.3, -0.25) is 9.59 Å². The lowest BCUT2D eigenvalue weighted by atomic mass is 9.83. The standard InChI is InChI=1S/C23H29FN2O4/c1-3-30-23(29)22-15(2)26(14-20(27)25-18-7-5-4-6-8-18)21(28)13-19(22)16-9-11-17(24)12-10-16/h9-12,18-19H,3-8,13-14H2,1-2H3,(H,25,27)/t19-/m1/s1. The van der Waals surface area contributed by atoms with E-state index >= 15 is 0 Å². The Morgan fingerprint density at radius 3 is 2.47 bits per heavy atom. The molecule has 1 atom stereocenters. The van der Waals surface area contributed by atoms with Crippen LogP contribution in [0.15, 0.2) is 35.5 Å². The maximum atomic E-state index is 13.4. The average Bonchev–Trinajstić information content (AvgIpc) is 2.72. The average molecular weight is 416 g/mol. The third-order valence-electron chi connectivity index (χ3n) is 5.86. The first-order valence-corrected chi connectivity index (χ1v) is 10.6. The molecule has 1 heterocycles. The van der Waals surface area contributed by atoms with Gasteiger partial charge in [-0.25, -0.2) is 9.18 Å². The molecule has 1 aliphatic heterocycles. The van der Waals surface area contributed by atoms with Crippen LogP contribution in [0, 0.1) is 5.82 Å². The summed E-state index contributed by atoms with van der Waals surface area (Å²) in [6, 6.07) is 5.91. The summed E-state index contributed by atoms with van der Waals surface area (Å²) in [5, 5.41) is 3.01. The molecular formula is C23H29FN2O4. The Hall–Kier alpha value is -2.70. The number of nitrogens with zero attached hydrogens (tertiary/aromatic N) is 1. The molecule has 1 aromatic carbocycles. The molecule has 0 bridgehead atoms. The molecule has 1 fully saturated rings. The van der Waals surface area contributed by atoms with Crippen molar-refractivity contribution in [2.24, 2.45) is 0 Å². The summed E-state index contributed by atoms with van der Waals surface area (Å²) in [6.45, 7) is 3.44. The summed E-state index contributed by atoms with van der Waals surface area (Å²) in [6.07, 6.45) is 5.31. The van der Waals surface area contributed by atoms with E-state index in [0.717, 1.165) is 25.7 Å². The van der Waals surface area contributed by atoms with Gasteiger partial charge in [-0.1, -0.05) is 31.4 Å². The first kappa shape index (κ1) is 22.0. The van der Waals surface area contributed by atoms with E-state index in [0.29, 0.717) is 16.8 Å². The zero-order chi connectivity index (χ0) is 21.7. The van der Waals surface area contributed by atoms with Crippen molar-refractivity contribution in [3.05, 3.63) is 46.9 Å². The second-order valence-electron chi connectivity index (χ2n) is 7.91. The summed E-state index contributed by atoms with van der Waals surface area (Å²) in [5.74, 6) is -1.91. The predicted octanol–water partition coefficient (Wildman–Crippen LogP) is 3.43. The van der Waals surface area contributed by atoms with Gasteiger partial charge >= 0.3 is 5.97 Å². The molecule has 2 aliphatic rings. The molecule has 1 aromatic rings. The van der Waals surface area contributed by atoms with Crippen molar-refractivity contribution in [1.29, 1.82) is 0 Å². The molecule has 162 valence electrons. The van der Waals surface area contributed by atoms with Gasteiger partial charge in [0.25, 0.3) is 0 Å². The Morgan fingerprint density at radius 2 is 1.83 bits per heavy atom. The molecule has 1 aliphatic carbocycles. The zero-order valence-corrected chi connectivity index (χ0v) is 17.6. The number of carbonyl (C=O) groups excluding carboxylic acids is 3. The third kappa shape index (κ3) is 5.07. The fraction of sp³-hybridized carbons (Fsp3) is 0.522. The van der Waals surface area contributed by atoms with Crippen LogP contribution in [-0.4, -0.2) is 41.9 Å². The highest BCUT2D eigenvalue weighted by Gasteiger charge is 2.37. The van der Waals surface area contributed by atoms with Gasteiger partial charge in [-0.2, -0.15) is 0 Å². The highest BCUT2D eigenvalue weighted by Crippen LogP contribution is 2.37. The number of carbonyl (C=O) groups is 3. The quantitative estimate of drug-likeness (QED) is 0.721. The normalized spacial score (nSPS) is 20.3. The van der Waals surface area contributed by atoms with Crippen LogP contribution in [0.5, 0.6) is 0 Å². The Kier molecular flexibility index (Phi) is 7.24. The molecule has 1 N–H and O–H groups in total. The lowest BCUT2D eigenvalue weighted by Crippen LogP contribution is -2.46. The van der Waals surface area contributed by atoms with Crippen LogP contribution in [0.2, 0.25) is 0 Å². The lowest BCUT2D eigenvalue weighted by molar-refractivity contribution is -0.141. The van der Waals surface area contributed by atoms with Crippen molar-refractivity contribution in [1.82, 2.24) is 10.2 Å². The van der Waals surface area contributed by atoms with Gasteiger partial charge in [-0.15, -0.1) is 0 Å². The molecule has 1 saturated carbocycles. The molecule has 0 saturated heterocycles. The predicted molar refractivity (Wildman–Crippen MR) is 110 cm³/mol. The number of nitrogens with one attached hydrogen (secondary N) is 1. The highest BCUT2D eigenvalue weighted by molar-refractivity contribution is 5.97.